The molecule has 5 rings (SSSR count). The molecule has 2 amide bonds. The van der Waals surface area contributed by atoms with E-state index in [9.17, 15) is 9.59 Å². The van der Waals surface area contributed by atoms with E-state index in [-0.39, 0.29) is 24.1 Å². The molecule has 0 radical (unpaired) electrons. The highest BCUT2D eigenvalue weighted by Gasteiger charge is 2.39. The van der Waals surface area contributed by atoms with Gasteiger partial charge in [-0.3, -0.25) is 14.5 Å². The van der Waals surface area contributed by atoms with E-state index in [1.165, 1.54) is 4.90 Å². The number of amides is 2. The number of hydrogen-bond donors (Lipinski definition) is 1. The van der Waals surface area contributed by atoms with Crippen LogP contribution in [0.5, 0.6) is 17.2 Å². The van der Waals surface area contributed by atoms with Gasteiger partial charge in [0.25, 0.3) is 11.8 Å². The van der Waals surface area contributed by atoms with E-state index in [1.54, 1.807) is 49.6 Å². The topological polar surface area (TPSA) is 77.1 Å². The maximum Gasteiger partial charge on any atom is 0.278 e. The lowest BCUT2D eigenvalue weighted by Gasteiger charge is -2.19. The van der Waals surface area contributed by atoms with Crippen molar-refractivity contribution < 1.29 is 23.8 Å². The van der Waals surface area contributed by atoms with Crippen molar-refractivity contribution in [3.05, 3.63) is 89.6 Å². The van der Waals surface area contributed by atoms with E-state index < -0.39 is 0 Å². The third-order valence-corrected chi connectivity index (χ3v) is 5.54. The second kappa shape index (κ2) is 8.70. The summed E-state index contributed by atoms with van der Waals surface area (Å²) >= 11 is 0. The zero-order valence-electron chi connectivity index (χ0n) is 18.0. The van der Waals surface area contributed by atoms with Gasteiger partial charge in [0, 0.05) is 11.8 Å². The molecule has 0 atom stereocenters. The number of rotatable bonds is 6. The van der Waals surface area contributed by atoms with Crippen LogP contribution in [0.4, 0.5) is 5.69 Å². The summed E-state index contributed by atoms with van der Waals surface area (Å²) in [7, 11) is 1.58. The maximum atomic E-state index is 13.4. The Kier molecular flexibility index (Phi) is 5.44. The summed E-state index contributed by atoms with van der Waals surface area (Å²) in [4.78, 5) is 28.1. The highest BCUT2D eigenvalue weighted by Crippen LogP contribution is 2.36. The molecule has 1 N–H and O–H groups in total. The van der Waals surface area contributed by atoms with Gasteiger partial charge >= 0.3 is 0 Å². The lowest BCUT2D eigenvalue weighted by Crippen LogP contribution is -2.32. The van der Waals surface area contributed by atoms with E-state index in [2.05, 4.69) is 5.32 Å². The van der Waals surface area contributed by atoms with Crippen molar-refractivity contribution in [1.82, 2.24) is 4.90 Å². The zero-order chi connectivity index (χ0) is 22.8. The van der Waals surface area contributed by atoms with Gasteiger partial charge in [-0.1, -0.05) is 42.5 Å². The predicted octanol–water partition coefficient (Wildman–Crippen LogP) is 3.86. The van der Waals surface area contributed by atoms with Crippen molar-refractivity contribution in [2.24, 2.45) is 0 Å². The van der Waals surface area contributed by atoms with Gasteiger partial charge in [-0.25, -0.2) is 0 Å². The Morgan fingerprint density at radius 2 is 1.61 bits per heavy atom. The summed E-state index contributed by atoms with van der Waals surface area (Å²) in [5.74, 6) is 1.17. The molecule has 0 unspecified atom stereocenters. The molecule has 0 bridgehead atoms. The minimum absolute atomic E-state index is 0.185. The van der Waals surface area contributed by atoms with Crippen LogP contribution in [-0.4, -0.2) is 37.0 Å². The summed E-state index contributed by atoms with van der Waals surface area (Å²) < 4.78 is 16.5. The van der Waals surface area contributed by atoms with Crippen LogP contribution in [0.15, 0.2) is 78.5 Å². The van der Waals surface area contributed by atoms with E-state index in [1.807, 2.05) is 30.3 Å². The standard InChI is InChI=1S/C26H22N2O5/c1-31-20-10-7-18(8-11-20)23-24(27-19-9-12-21-22(15-19)33-14-13-32-21)26(30)28(25(23)29)16-17-5-3-2-4-6-17/h2-12,15,27H,13-14,16H2,1H3. The van der Waals surface area contributed by atoms with Crippen molar-refractivity contribution in [2.75, 3.05) is 25.6 Å². The number of methoxy groups -OCH3 is 1. The van der Waals surface area contributed by atoms with Crippen LogP contribution in [0.2, 0.25) is 0 Å². The monoisotopic (exact) mass is 442 g/mol. The summed E-state index contributed by atoms with van der Waals surface area (Å²) in [5.41, 5.74) is 2.66. The first kappa shape index (κ1) is 20.6. The van der Waals surface area contributed by atoms with E-state index in [0.29, 0.717) is 47.3 Å². The lowest BCUT2D eigenvalue weighted by atomic mass is 10.0. The average molecular weight is 442 g/mol. The first-order chi connectivity index (χ1) is 16.1. The van der Waals surface area contributed by atoms with Crippen LogP contribution in [0.3, 0.4) is 0 Å². The molecule has 166 valence electrons. The molecule has 0 saturated carbocycles. The number of benzene rings is 3. The highest BCUT2D eigenvalue weighted by atomic mass is 16.6. The fraction of sp³-hybridized carbons (Fsp3) is 0.154. The average Bonchev–Trinajstić information content (AvgIpc) is 3.09. The van der Waals surface area contributed by atoms with Crippen LogP contribution in [0.25, 0.3) is 5.57 Å². The Labute approximate surface area is 191 Å². The summed E-state index contributed by atoms with van der Waals surface area (Å²) in [6.07, 6.45) is 0. The molecule has 3 aromatic carbocycles. The Hall–Kier alpha value is -4.26. The van der Waals surface area contributed by atoms with E-state index in [4.69, 9.17) is 14.2 Å². The van der Waals surface area contributed by atoms with Gasteiger partial charge in [0.15, 0.2) is 11.5 Å². The van der Waals surface area contributed by atoms with Crippen LogP contribution in [-0.2, 0) is 16.1 Å². The molecule has 0 aromatic heterocycles. The Bertz CT molecular complexity index is 1240. The quantitative estimate of drug-likeness (QED) is 0.585. The second-order valence-corrected chi connectivity index (χ2v) is 7.64. The third kappa shape index (κ3) is 4.01. The van der Waals surface area contributed by atoms with E-state index >= 15 is 0 Å². The van der Waals surface area contributed by atoms with Crippen molar-refractivity contribution >= 4 is 23.1 Å². The van der Waals surface area contributed by atoms with E-state index in [0.717, 1.165) is 5.56 Å². The van der Waals surface area contributed by atoms with Crippen molar-refractivity contribution in [1.29, 1.82) is 0 Å². The van der Waals surface area contributed by atoms with Gasteiger partial charge in [0.05, 0.1) is 19.2 Å². The van der Waals surface area contributed by atoms with Gasteiger partial charge in [-0.2, -0.15) is 0 Å². The maximum absolute atomic E-state index is 13.4. The van der Waals surface area contributed by atoms with Gasteiger partial charge in [0.2, 0.25) is 0 Å². The van der Waals surface area contributed by atoms with Crippen LogP contribution in [0, 0.1) is 0 Å². The second-order valence-electron chi connectivity index (χ2n) is 7.64. The number of carbonyl (C=O) groups is 2. The van der Waals surface area contributed by atoms with Crippen molar-refractivity contribution in [3.63, 3.8) is 0 Å². The van der Waals surface area contributed by atoms with Gasteiger partial charge in [-0.05, 0) is 35.4 Å². The number of hydrogen-bond acceptors (Lipinski definition) is 6. The SMILES string of the molecule is COc1ccc(C2=C(Nc3ccc4c(c3)OCCO4)C(=O)N(Cc3ccccc3)C2=O)cc1. The first-order valence-electron chi connectivity index (χ1n) is 10.6. The van der Waals surface area contributed by atoms with Crippen molar-refractivity contribution in [2.45, 2.75) is 6.54 Å². The van der Waals surface area contributed by atoms with Crippen LogP contribution in [0.1, 0.15) is 11.1 Å². The summed E-state index contributed by atoms with van der Waals surface area (Å²) in [5, 5.41) is 3.16. The molecule has 0 saturated heterocycles. The minimum atomic E-state index is -0.385. The normalized spacial score (nSPS) is 15.1. The first-order valence-corrected chi connectivity index (χ1v) is 10.6. The number of nitrogens with zero attached hydrogens (tertiary/aromatic N) is 1. The van der Waals surface area contributed by atoms with Gasteiger partial charge < -0.3 is 19.5 Å². The molecule has 2 aliphatic heterocycles. The lowest BCUT2D eigenvalue weighted by molar-refractivity contribution is -0.137. The molecule has 33 heavy (non-hydrogen) atoms. The summed E-state index contributed by atoms with van der Waals surface area (Å²) in [6.45, 7) is 1.14. The van der Waals surface area contributed by atoms with Gasteiger partial charge in [-0.15, -0.1) is 0 Å². The third-order valence-electron chi connectivity index (χ3n) is 5.54. The minimum Gasteiger partial charge on any atom is -0.497 e. The molecule has 0 fully saturated rings. The van der Waals surface area contributed by atoms with Gasteiger partial charge in [0.1, 0.15) is 24.7 Å². The number of anilines is 1. The molecule has 2 heterocycles. The fourth-order valence-corrected chi connectivity index (χ4v) is 3.89. The van der Waals surface area contributed by atoms with Crippen molar-refractivity contribution in [3.8, 4) is 17.2 Å². The molecule has 7 nitrogen and oxygen atoms in total. The Morgan fingerprint density at radius 3 is 2.33 bits per heavy atom. The largest absolute Gasteiger partial charge is 0.497 e. The Morgan fingerprint density at radius 1 is 0.879 bits per heavy atom. The number of carbonyl (C=O) groups excluding carboxylic acids is 2. The van der Waals surface area contributed by atoms with Crippen LogP contribution >= 0.6 is 0 Å². The fourth-order valence-electron chi connectivity index (χ4n) is 3.89. The number of ether oxygens (including phenoxy) is 3. The Balaban J connectivity index is 1.52. The molecular weight excluding hydrogens is 420 g/mol. The zero-order valence-corrected chi connectivity index (χ0v) is 18.0. The molecule has 7 heteroatoms. The molecule has 0 aliphatic carbocycles. The van der Waals surface area contributed by atoms with Crippen LogP contribution < -0.4 is 19.5 Å². The molecular formula is C26H22N2O5. The highest BCUT2D eigenvalue weighted by molar-refractivity contribution is 6.36. The molecule has 3 aromatic rings. The molecule has 2 aliphatic rings. The number of nitrogens with one attached hydrogen (secondary N) is 1. The molecule has 0 spiro atoms. The summed E-state index contributed by atoms with van der Waals surface area (Å²) in [6, 6.07) is 21.9. The number of fused-ring (bicyclic) bond motifs is 1. The number of imide groups is 1. The smallest absolute Gasteiger partial charge is 0.278 e. The predicted molar refractivity (Wildman–Crippen MR) is 123 cm³/mol.